The molecule has 1 unspecified atom stereocenters. The number of halogens is 1. The van der Waals surface area contributed by atoms with Crippen molar-refractivity contribution < 1.29 is 17.9 Å². The van der Waals surface area contributed by atoms with Crippen LogP contribution in [0.5, 0.6) is 5.75 Å². The molecule has 1 aliphatic heterocycles. The van der Waals surface area contributed by atoms with E-state index in [1.54, 1.807) is 12.1 Å². The van der Waals surface area contributed by atoms with Crippen LogP contribution >= 0.6 is 11.6 Å². The lowest BCUT2D eigenvalue weighted by molar-refractivity contribution is -0.123. The molecule has 142 valence electrons. The summed E-state index contributed by atoms with van der Waals surface area (Å²) < 4.78 is 33.3. The van der Waals surface area contributed by atoms with Gasteiger partial charge in [-0.2, -0.15) is 0 Å². The Hall–Kier alpha value is -3.03. The predicted molar refractivity (Wildman–Crippen MR) is 107 cm³/mol. The quantitative estimate of drug-likeness (QED) is 0.669. The van der Waals surface area contributed by atoms with Crippen molar-refractivity contribution in [1.82, 2.24) is 0 Å². The summed E-state index contributed by atoms with van der Waals surface area (Å²) in [4.78, 5) is 12.5. The van der Waals surface area contributed by atoms with Crippen molar-refractivity contribution >= 4 is 38.9 Å². The van der Waals surface area contributed by atoms with Gasteiger partial charge in [-0.3, -0.25) is 9.52 Å². The van der Waals surface area contributed by atoms with Crippen molar-refractivity contribution in [3.63, 3.8) is 0 Å². The van der Waals surface area contributed by atoms with E-state index in [-0.39, 0.29) is 10.8 Å². The molecule has 0 aliphatic carbocycles. The Morgan fingerprint density at radius 3 is 2.39 bits per heavy atom. The Morgan fingerprint density at radius 2 is 1.68 bits per heavy atom. The number of anilines is 2. The summed E-state index contributed by atoms with van der Waals surface area (Å²) in [6.07, 6.45) is -0.759. The molecule has 28 heavy (non-hydrogen) atoms. The van der Waals surface area contributed by atoms with Crippen LogP contribution in [-0.4, -0.2) is 14.3 Å². The second kappa shape index (κ2) is 7.18. The first-order valence-corrected chi connectivity index (χ1v) is 10.2. The molecule has 2 N–H and O–H groups in total. The summed E-state index contributed by atoms with van der Waals surface area (Å²) in [5, 5.41) is 3.21. The van der Waals surface area contributed by atoms with E-state index in [1.807, 2.05) is 30.3 Å². The van der Waals surface area contributed by atoms with E-state index in [4.69, 9.17) is 16.3 Å². The van der Waals surface area contributed by atoms with Gasteiger partial charge in [0.2, 0.25) is 6.10 Å². The third kappa shape index (κ3) is 3.67. The van der Waals surface area contributed by atoms with Gasteiger partial charge >= 0.3 is 0 Å². The van der Waals surface area contributed by atoms with Crippen LogP contribution in [0, 0.1) is 0 Å². The van der Waals surface area contributed by atoms with Gasteiger partial charge in [-0.1, -0.05) is 41.9 Å². The molecule has 3 aromatic rings. The van der Waals surface area contributed by atoms with Gasteiger partial charge in [0.15, 0.2) is 0 Å². The second-order valence-electron chi connectivity index (χ2n) is 6.17. The number of rotatable bonds is 4. The van der Waals surface area contributed by atoms with Gasteiger partial charge in [-0.25, -0.2) is 8.42 Å². The highest BCUT2D eigenvalue weighted by Crippen LogP contribution is 2.37. The summed E-state index contributed by atoms with van der Waals surface area (Å²) in [5.41, 5.74) is 1.43. The van der Waals surface area contributed by atoms with Crippen molar-refractivity contribution in [1.29, 1.82) is 0 Å². The fraction of sp³-hybridized carbons (Fsp3) is 0.0500. The minimum absolute atomic E-state index is 0.0825. The predicted octanol–water partition coefficient (Wildman–Crippen LogP) is 4.21. The lowest BCUT2D eigenvalue weighted by Gasteiger charge is -2.26. The topological polar surface area (TPSA) is 84.5 Å². The average Bonchev–Trinajstić information content (AvgIpc) is 2.68. The first kappa shape index (κ1) is 18.3. The first-order valence-electron chi connectivity index (χ1n) is 8.37. The fourth-order valence-corrected chi connectivity index (χ4v) is 4.02. The van der Waals surface area contributed by atoms with Crippen LogP contribution in [0.3, 0.4) is 0 Å². The van der Waals surface area contributed by atoms with E-state index in [0.29, 0.717) is 22.1 Å². The lowest BCUT2D eigenvalue weighted by atomic mass is 10.1. The van der Waals surface area contributed by atoms with E-state index in [9.17, 15) is 13.2 Å². The monoisotopic (exact) mass is 414 g/mol. The van der Waals surface area contributed by atoms with Gasteiger partial charge in [0.05, 0.1) is 16.3 Å². The van der Waals surface area contributed by atoms with Crippen LogP contribution in [0.25, 0.3) is 0 Å². The number of fused-ring (bicyclic) bond motifs is 1. The highest BCUT2D eigenvalue weighted by molar-refractivity contribution is 7.92. The summed E-state index contributed by atoms with van der Waals surface area (Å²) >= 11 is 5.80. The summed E-state index contributed by atoms with van der Waals surface area (Å²) in [6.45, 7) is 0. The van der Waals surface area contributed by atoms with Crippen LogP contribution in [0.1, 0.15) is 11.7 Å². The van der Waals surface area contributed by atoms with Crippen LogP contribution in [-0.2, 0) is 14.8 Å². The zero-order valence-corrected chi connectivity index (χ0v) is 16.0. The molecule has 1 atom stereocenters. The highest BCUT2D eigenvalue weighted by atomic mass is 35.5. The molecule has 1 aliphatic rings. The molecular formula is C20H15ClN2O4S. The summed E-state index contributed by atoms with van der Waals surface area (Å²) in [5.74, 6) is 0.138. The number of ether oxygens (including phenoxy) is 1. The molecule has 0 aromatic heterocycles. The molecule has 0 spiro atoms. The Morgan fingerprint density at radius 1 is 0.964 bits per heavy atom. The molecule has 6 nitrogen and oxygen atoms in total. The molecule has 8 heteroatoms. The van der Waals surface area contributed by atoms with Crippen LogP contribution in [0.4, 0.5) is 11.4 Å². The van der Waals surface area contributed by atoms with E-state index in [1.165, 1.54) is 30.3 Å². The molecule has 4 rings (SSSR count). The van der Waals surface area contributed by atoms with Gasteiger partial charge in [-0.15, -0.1) is 0 Å². The normalized spacial score (nSPS) is 15.9. The number of hydrogen-bond acceptors (Lipinski definition) is 4. The molecule has 0 saturated heterocycles. The Kier molecular flexibility index (Phi) is 4.70. The minimum atomic E-state index is -3.79. The number of carbonyl (C=O) groups is 1. The molecule has 0 radical (unpaired) electrons. The number of amides is 1. The van der Waals surface area contributed by atoms with Gasteiger partial charge in [0.25, 0.3) is 15.9 Å². The Labute approximate surface area is 167 Å². The van der Waals surface area contributed by atoms with Crippen molar-refractivity contribution in [2.24, 2.45) is 0 Å². The SMILES string of the molecule is O=C1Nc2cc(NS(=O)(=O)c3ccc(Cl)cc3)ccc2OC1c1ccccc1. The van der Waals surface area contributed by atoms with Crippen molar-refractivity contribution in [3.05, 3.63) is 83.4 Å². The average molecular weight is 415 g/mol. The summed E-state index contributed by atoms with van der Waals surface area (Å²) in [6, 6.07) is 19.7. The van der Waals surface area contributed by atoms with Crippen LogP contribution < -0.4 is 14.8 Å². The van der Waals surface area contributed by atoms with Crippen LogP contribution in [0.15, 0.2) is 77.7 Å². The zero-order valence-electron chi connectivity index (χ0n) is 14.4. The smallest absolute Gasteiger partial charge is 0.270 e. The lowest BCUT2D eigenvalue weighted by Crippen LogP contribution is -2.30. The maximum atomic E-state index is 12.5. The van der Waals surface area contributed by atoms with Gasteiger partial charge in [0, 0.05) is 10.6 Å². The highest BCUT2D eigenvalue weighted by Gasteiger charge is 2.29. The van der Waals surface area contributed by atoms with E-state index in [2.05, 4.69) is 10.0 Å². The van der Waals surface area contributed by atoms with Crippen molar-refractivity contribution in [2.45, 2.75) is 11.0 Å². The van der Waals surface area contributed by atoms with Crippen molar-refractivity contribution in [2.75, 3.05) is 10.0 Å². The Balaban J connectivity index is 1.58. The third-order valence-electron chi connectivity index (χ3n) is 4.20. The molecule has 1 heterocycles. The number of carbonyl (C=O) groups excluding carboxylic acids is 1. The standard InChI is InChI=1S/C20H15ClN2O4S/c21-14-6-9-16(10-7-14)28(25,26)23-15-8-11-18-17(12-15)22-20(24)19(27-18)13-4-2-1-3-5-13/h1-12,19,23H,(H,22,24). The van der Waals surface area contributed by atoms with E-state index < -0.39 is 16.1 Å². The maximum Gasteiger partial charge on any atom is 0.270 e. The van der Waals surface area contributed by atoms with Gasteiger partial charge in [-0.05, 0) is 42.5 Å². The zero-order chi connectivity index (χ0) is 19.7. The molecular weight excluding hydrogens is 400 g/mol. The molecule has 0 bridgehead atoms. The Bertz CT molecular complexity index is 1130. The minimum Gasteiger partial charge on any atom is -0.474 e. The number of hydrogen-bond donors (Lipinski definition) is 2. The molecule has 0 fully saturated rings. The second-order valence-corrected chi connectivity index (χ2v) is 8.29. The van der Waals surface area contributed by atoms with Crippen LogP contribution in [0.2, 0.25) is 5.02 Å². The molecule has 0 saturated carbocycles. The van der Waals surface area contributed by atoms with Crippen molar-refractivity contribution in [3.8, 4) is 5.75 Å². The summed E-state index contributed by atoms with van der Waals surface area (Å²) in [7, 11) is -3.79. The number of benzene rings is 3. The van der Waals surface area contributed by atoms with E-state index in [0.717, 1.165) is 5.56 Å². The van der Waals surface area contributed by atoms with Gasteiger partial charge in [0.1, 0.15) is 5.75 Å². The number of sulfonamides is 1. The fourth-order valence-electron chi connectivity index (χ4n) is 2.85. The molecule has 1 amide bonds. The van der Waals surface area contributed by atoms with Gasteiger partial charge < -0.3 is 10.1 Å². The third-order valence-corrected chi connectivity index (χ3v) is 5.85. The van der Waals surface area contributed by atoms with E-state index >= 15 is 0 Å². The largest absolute Gasteiger partial charge is 0.474 e. The number of nitrogens with one attached hydrogen (secondary N) is 2. The molecule has 3 aromatic carbocycles. The first-order chi connectivity index (χ1) is 13.4. The maximum absolute atomic E-state index is 12.5.